The molecule has 2 nitrogen and oxygen atoms in total. The number of hydrogen-bond acceptors (Lipinski definition) is 2. The second-order valence-electron chi connectivity index (χ2n) is 9.70. The molecule has 0 aliphatic carbocycles. The molecule has 2 aromatic carbocycles. The Morgan fingerprint density at radius 3 is 2.08 bits per heavy atom. The molecule has 0 heterocycles. The lowest BCUT2D eigenvalue weighted by Crippen LogP contribution is -1.96. The molecule has 210 valence electrons. The highest BCUT2D eigenvalue weighted by Gasteiger charge is 2.10. The Labute approximate surface area is 227 Å². The first kappa shape index (κ1) is 34.9. The third kappa shape index (κ3) is 15.0. The second kappa shape index (κ2) is 23.0. The van der Waals surface area contributed by atoms with Crippen LogP contribution >= 0.6 is 0 Å². The number of aliphatic hydroxyl groups excluding tert-OH is 1. The Hall–Kier alpha value is -2.13. The zero-order chi connectivity index (χ0) is 27.9. The monoisotopic (exact) mass is 514 g/mol. The van der Waals surface area contributed by atoms with Crippen LogP contribution in [0.2, 0.25) is 0 Å². The predicted octanol–water partition coefficient (Wildman–Crippen LogP) is 10.6. The first-order chi connectivity index (χ1) is 18.0. The smallest absolute Gasteiger partial charge is 0.116 e. The summed E-state index contributed by atoms with van der Waals surface area (Å²) in [6.45, 7) is 14.0. The predicted molar refractivity (Wildman–Crippen MR) is 163 cm³/mol. The van der Waals surface area contributed by atoms with Crippen LogP contribution in [0.3, 0.4) is 0 Å². The Morgan fingerprint density at radius 2 is 1.49 bits per heavy atom. The summed E-state index contributed by atoms with van der Waals surface area (Å²) >= 11 is 0. The van der Waals surface area contributed by atoms with Gasteiger partial charge in [0.25, 0.3) is 0 Å². The van der Waals surface area contributed by atoms with Crippen LogP contribution in [-0.2, 0) is 6.42 Å². The molecule has 37 heavy (non-hydrogen) atoms. The third-order valence-corrected chi connectivity index (χ3v) is 6.61. The van der Waals surface area contributed by atoms with Gasteiger partial charge in [0.2, 0.25) is 0 Å². The van der Waals surface area contributed by atoms with E-state index in [9.17, 15) is 9.50 Å². The lowest BCUT2D eigenvalue weighted by atomic mass is 9.91. The van der Waals surface area contributed by atoms with Crippen molar-refractivity contribution in [2.75, 3.05) is 13.3 Å². The second-order valence-corrected chi connectivity index (χ2v) is 9.70. The van der Waals surface area contributed by atoms with Crippen LogP contribution in [0.25, 0.3) is 16.3 Å². The molecular formula is C34H55FO2. The maximum atomic E-state index is 12.2. The molecule has 0 saturated heterocycles. The summed E-state index contributed by atoms with van der Waals surface area (Å²) in [5, 5.41) is 19.8. The van der Waals surface area contributed by atoms with Gasteiger partial charge < -0.3 is 10.2 Å². The molecular weight excluding hydrogens is 459 g/mol. The summed E-state index contributed by atoms with van der Waals surface area (Å²) < 4.78 is 12.2. The van der Waals surface area contributed by atoms with Crippen LogP contribution < -0.4 is 0 Å². The molecule has 0 saturated carbocycles. The maximum absolute atomic E-state index is 12.2. The summed E-state index contributed by atoms with van der Waals surface area (Å²) in [6.07, 6.45) is 18.4. The summed E-state index contributed by atoms with van der Waals surface area (Å²) in [5.41, 5.74) is 3.92. The van der Waals surface area contributed by atoms with E-state index in [1.807, 2.05) is 26.0 Å². The summed E-state index contributed by atoms with van der Waals surface area (Å²) in [4.78, 5) is 0. The molecule has 2 aromatic rings. The van der Waals surface area contributed by atoms with E-state index >= 15 is 0 Å². The van der Waals surface area contributed by atoms with Gasteiger partial charge in [-0.1, -0.05) is 109 Å². The van der Waals surface area contributed by atoms with Gasteiger partial charge in [0.15, 0.2) is 0 Å². The number of halogens is 1. The van der Waals surface area contributed by atoms with Crippen molar-refractivity contribution in [3.05, 3.63) is 60.2 Å². The number of benzene rings is 2. The van der Waals surface area contributed by atoms with Crippen LogP contribution in [0.4, 0.5) is 4.39 Å². The van der Waals surface area contributed by atoms with E-state index in [1.54, 1.807) is 13.0 Å². The van der Waals surface area contributed by atoms with Crippen molar-refractivity contribution >= 4 is 16.3 Å². The number of fused-ring (bicyclic) bond motifs is 1. The molecule has 0 radical (unpaired) electrons. The molecule has 3 heteroatoms. The fraction of sp³-hybridized carbons (Fsp3) is 0.588. The average Bonchev–Trinajstić information content (AvgIpc) is 2.90. The van der Waals surface area contributed by atoms with Crippen LogP contribution in [0, 0.1) is 5.92 Å². The minimum atomic E-state index is -0.166. The summed E-state index contributed by atoms with van der Waals surface area (Å²) in [7, 11) is 0. The number of unbranched alkanes of at least 4 members (excludes halogenated alkanes) is 7. The third-order valence-electron chi connectivity index (χ3n) is 6.61. The lowest BCUT2D eigenvalue weighted by molar-refractivity contribution is 0.318. The highest BCUT2D eigenvalue weighted by atomic mass is 19.1. The van der Waals surface area contributed by atoms with E-state index in [0.29, 0.717) is 11.7 Å². The fourth-order valence-corrected chi connectivity index (χ4v) is 4.71. The topological polar surface area (TPSA) is 40.5 Å². The maximum Gasteiger partial charge on any atom is 0.116 e. The lowest BCUT2D eigenvalue weighted by Gasteiger charge is -2.14. The number of phenols is 1. The number of aliphatic hydroxyl groups is 1. The number of rotatable bonds is 16. The van der Waals surface area contributed by atoms with Crippen LogP contribution in [-0.4, -0.2) is 23.5 Å². The van der Waals surface area contributed by atoms with Crippen molar-refractivity contribution in [2.24, 2.45) is 5.92 Å². The normalized spacial score (nSPS) is 11.8. The number of hydrogen-bond donors (Lipinski definition) is 2. The minimum absolute atomic E-state index is 0.166. The first-order valence-electron chi connectivity index (χ1n) is 14.7. The van der Waals surface area contributed by atoms with Gasteiger partial charge in [-0.05, 0) is 85.1 Å². The van der Waals surface area contributed by atoms with Crippen LogP contribution in [0.1, 0.15) is 116 Å². The van der Waals surface area contributed by atoms with E-state index in [1.165, 1.54) is 79.9 Å². The average molecular weight is 515 g/mol. The molecule has 0 amide bonds. The number of aromatic hydroxyl groups is 1. The largest absolute Gasteiger partial charge is 0.508 e. The SMILES string of the molecule is C=C/C=C(\C)c1ccc2cc(O)ccc2c1CCCCCCCCCCC(C)CCCF.CC.CCO. The van der Waals surface area contributed by atoms with Gasteiger partial charge in [-0.15, -0.1) is 0 Å². The van der Waals surface area contributed by atoms with Crippen molar-refractivity contribution in [2.45, 2.75) is 112 Å². The van der Waals surface area contributed by atoms with Gasteiger partial charge in [0, 0.05) is 6.61 Å². The molecule has 2 N–H and O–H groups in total. The molecule has 0 aromatic heterocycles. The van der Waals surface area contributed by atoms with Crippen molar-refractivity contribution < 1.29 is 14.6 Å². The molecule has 1 unspecified atom stereocenters. The van der Waals surface area contributed by atoms with Crippen LogP contribution in [0.5, 0.6) is 5.75 Å². The highest BCUT2D eigenvalue weighted by Crippen LogP contribution is 2.31. The first-order valence-corrected chi connectivity index (χ1v) is 14.7. The minimum Gasteiger partial charge on any atom is -0.508 e. The van der Waals surface area contributed by atoms with Crippen LogP contribution in [0.15, 0.2) is 49.1 Å². The molecule has 0 aliphatic rings. The quantitative estimate of drug-likeness (QED) is 0.173. The zero-order valence-electron chi connectivity index (χ0n) is 24.5. The zero-order valence-corrected chi connectivity index (χ0v) is 24.5. The molecule has 2 rings (SSSR count). The van der Waals surface area contributed by atoms with E-state index in [2.05, 4.69) is 44.7 Å². The Morgan fingerprint density at radius 1 is 0.919 bits per heavy atom. The fourth-order valence-electron chi connectivity index (χ4n) is 4.71. The van der Waals surface area contributed by atoms with Crippen molar-refractivity contribution in [3.63, 3.8) is 0 Å². The van der Waals surface area contributed by atoms with Gasteiger partial charge in [-0.2, -0.15) is 0 Å². The molecule has 1 atom stereocenters. The Bertz CT molecular complexity index is 871. The highest BCUT2D eigenvalue weighted by molar-refractivity contribution is 5.91. The van der Waals surface area contributed by atoms with Crippen molar-refractivity contribution in [1.29, 1.82) is 0 Å². The molecule has 0 bridgehead atoms. The van der Waals surface area contributed by atoms with Gasteiger partial charge in [-0.25, -0.2) is 0 Å². The number of aryl methyl sites for hydroxylation is 1. The van der Waals surface area contributed by atoms with Gasteiger partial charge in [-0.3, -0.25) is 4.39 Å². The number of phenolic OH excluding ortho intramolecular Hbond substituents is 1. The van der Waals surface area contributed by atoms with E-state index < -0.39 is 0 Å². The Kier molecular flexibility index (Phi) is 21.7. The van der Waals surface area contributed by atoms with Crippen molar-refractivity contribution in [1.82, 2.24) is 0 Å². The van der Waals surface area contributed by atoms with E-state index in [0.717, 1.165) is 24.6 Å². The van der Waals surface area contributed by atoms with Gasteiger partial charge in [0.1, 0.15) is 5.75 Å². The summed E-state index contributed by atoms with van der Waals surface area (Å²) in [6, 6.07) is 10.0. The van der Waals surface area contributed by atoms with E-state index in [-0.39, 0.29) is 13.3 Å². The number of alkyl halides is 1. The number of allylic oxidation sites excluding steroid dienone is 3. The van der Waals surface area contributed by atoms with E-state index in [4.69, 9.17) is 5.11 Å². The molecule has 0 fully saturated rings. The molecule has 0 aliphatic heterocycles. The van der Waals surface area contributed by atoms with Gasteiger partial charge in [0.05, 0.1) is 6.67 Å². The standard InChI is InChI=1S/C30H43FO.C2H6O.C2H6/c1-4-14-25(3)28-20-18-26-23-27(32)19-21-29(26)30(28)17-12-10-8-6-5-7-9-11-15-24(2)16-13-22-31;1-2-3;1-2/h4,14,18-21,23-24,32H,1,5-13,15-17,22H2,2-3H3;3H,2H2,1H3;1-2H3/b25-14+;;. The molecule has 0 spiro atoms. The summed E-state index contributed by atoms with van der Waals surface area (Å²) in [5.74, 6) is 1.00. The Balaban J connectivity index is 0.00000241. The van der Waals surface area contributed by atoms with Gasteiger partial charge >= 0.3 is 0 Å². The van der Waals surface area contributed by atoms with Crippen molar-refractivity contribution in [3.8, 4) is 5.75 Å².